The summed E-state index contributed by atoms with van der Waals surface area (Å²) in [5.74, 6) is 0.683. The molecule has 5 heteroatoms. The average Bonchev–Trinajstić information content (AvgIpc) is 2.74. The molecule has 2 heterocycles. The molecule has 2 aliphatic heterocycles. The molecule has 0 N–H and O–H groups in total. The molecule has 0 bridgehead atoms. The van der Waals surface area contributed by atoms with Crippen molar-refractivity contribution in [1.29, 1.82) is 5.26 Å². The highest BCUT2D eigenvalue weighted by atomic mass is 32.2. The first-order valence-electron chi connectivity index (χ1n) is 9.59. The molecule has 0 radical (unpaired) electrons. The van der Waals surface area contributed by atoms with E-state index in [0.29, 0.717) is 13.1 Å². The Kier molecular flexibility index (Phi) is 5.15. The van der Waals surface area contributed by atoms with Crippen molar-refractivity contribution in [3.05, 3.63) is 75.8 Å². The fraction of sp³-hybridized carbons (Fsp3) is 0.304. The molecule has 1 fully saturated rings. The normalized spacial score (nSPS) is 19.5. The fourth-order valence-electron chi connectivity index (χ4n) is 4.08. The lowest BCUT2D eigenvalue weighted by molar-refractivity contribution is -0.129. The molecular formula is C23H23N3OS. The maximum atomic E-state index is 13.1. The second-order valence-electron chi connectivity index (χ2n) is 7.20. The predicted molar refractivity (Wildman–Crippen MR) is 114 cm³/mol. The summed E-state index contributed by atoms with van der Waals surface area (Å²) < 4.78 is 0. The molecule has 2 aromatic rings. The molecule has 142 valence electrons. The number of carbonyl (C=O) groups is 1. The van der Waals surface area contributed by atoms with Crippen LogP contribution >= 0.6 is 11.8 Å². The Hall–Kier alpha value is -2.71. The molecule has 4 nitrogen and oxygen atoms in total. The first-order valence-corrected chi connectivity index (χ1v) is 10.6. The summed E-state index contributed by atoms with van der Waals surface area (Å²) in [5.41, 5.74) is 5.38. The standard InChI is InChI=1S/C23H23N3OS/c1-3-17-9-5-7-11-21(17)25-14-26-22(27)12-19(18-10-6-4-8-16(18)2)20(13-24)23(26)28-15-25/h4-11,19H,3,12,14-15H2,1-2H3/t19-/m0/s1. The zero-order chi connectivity index (χ0) is 19.7. The van der Waals surface area contributed by atoms with Gasteiger partial charge in [0.2, 0.25) is 5.91 Å². The molecule has 4 rings (SSSR count). The number of nitriles is 1. The van der Waals surface area contributed by atoms with Gasteiger partial charge >= 0.3 is 0 Å². The van der Waals surface area contributed by atoms with Crippen molar-refractivity contribution in [1.82, 2.24) is 4.90 Å². The highest BCUT2D eigenvalue weighted by Gasteiger charge is 2.38. The molecule has 0 aromatic heterocycles. The maximum Gasteiger partial charge on any atom is 0.229 e. The molecular weight excluding hydrogens is 366 g/mol. The van der Waals surface area contributed by atoms with Gasteiger partial charge < -0.3 is 4.90 Å². The summed E-state index contributed by atoms with van der Waals surface area (Å²) in [4.78, 5) is 17.1. The molecule has 0 aliphatic carbocycles. The van der Waals surface area contributed by atoms with Crippen LogP contribution in [0.1, 0.15) is 36.0 Å². The van der Waals surface area contributed by atoms with E-state index in [9.17, 15) is 10.1 Å². The predicted octanol–water partition coefficient (Wildman–Crippen LogP) is 4.78. The van der Waals surface area contributed by atoms with Gasteiger partial charge in [-0.05, 0) is 36.1 Å². The lowest BCUT2D eigenvalue weighted by Gasteiger charge is -2.42. The second-order valence-corrected chi connectivity index (χ2v) is 8.14. The van der Waals surface area contributed by atoms with Crippen LogP contribution in [0.15, 0.2) is 59.1 Å². The third-order valence-corrected chi connectivity index (χ3v) is 6.73. The number of hydrogen-bond donors (Lipinski definition) is 0. The van der Waals surface area contributed by atoms with Gasteiger partial charge in [-0.3, -0.25) is 9.69 Å². The molecule has 1 saturated heterocycles. The number of thioether (sulfide) groups is 1. The first-order chi connectivity index (χ1) is 13.6. The SMILES string of the molecule is CCc1ccccc1N1CSC2=C(C#N)[C@H](c3ccccc3C)CC(=O)N2C1. The minimum atomic E-state index is -0.146. The molecule has 2 aromatic carbocycles. The number of aryl methyl sites for hydroxylation is 2. The minimum absolute atomic E-state index is 0.0911. The zero-order valence-corrected chi connectivity index (χ0v) is 17.0. The highest BCUT2D eigenvalue weighted by Crippen LogP contribution is 2.44. The summed E-state index contributed by atoms with van der Waals surface area (Å²) >= 11 is 1.60. The molecule has 0 unspecified atom stereocenters. The summed E-state index contributed by atoms with van der Waals surface area (Å²) in [7, 11) is 0. The summed E-state index contributed by atoms with van der Waals surface area (Å²) in [6.07, 6.45) is 1.30. The van der Waals surface area contributed by atoms with E-state index in [4.69, 9.17) is 0 Å². The minimum Gasteiger partial charge on any atom is -0.343 e. The van der Waals surface area contributed by atoms with Crippen LogP contribution in [0.2, 0.25) is 0 Å². The Morgan fingerprint density at radius 2 is 1.93 bits per heavy atom. The zero-order valence-electron chi connectivity index (χ0n) is 16.2. The Bertz CT molecular complexity index is 991. The van der Waals surface area contributed by atoms with Gasteiger partial charge in [-0.2, -0.15) is 5.26 Å². The van der Waals surface area contributed by atoms with E-state index in [2.05, 4.69) is 36.1 Å². The lowest BCUT2D eigenvalue weighted by atomic mass is 9.84. The van der Waals surface area contributed by atoms with Gasteiger partial charge in [-0.15, -0.1) is 0 Å². The van der Waals surface area contributed by atoms with Crippen LogP contribution in [0.5, 0.6) is 0 Å². The first kappa shape index (κ1) is 18.6. The van der Waals surface area contributed by atoms with Crippen LogP contribution in [-0.4, -0.2) is 23.4 Å². The number of benzene rings is 2. The van der Waals surface area contributed by atoms with Crippen LogP contribution in [-0.2, 0) is 11.2 Å². The number of allylic oxidation sites excluding steroid dienone is 1. The summed E-state index contributed by atoms with van der Waals surface area (Å²) in [5, 5.41) is 10.8. The van der Waals surface area contributed by atoms with Gasteiger partial charge in [-0.1, -0.05) is 61.2 Å². The van der Waals surface area contributed by atoms with Crippen molar-refractivity contribution < 1.29 is 4.79 Å². The van der Waals surface area contributed by atoms with Gasteiger partial charge in [0.25, 0.3) is 0 Å². The quantitative estimate of drug-likeness (QED) is 0.758. The van der Waals surface area contributed by atoms with E-state index >= 15 is 0 Å². The van der Waals surface area contributed by atoms with Crippen molar-refractivity contribution in [2.24, 2.45) is 0 Å². The van der Waals surface area contributed by atoms with Gasteiger partial charge in [0.15, 0.2) is 0 Å². The van der Waals surface area contributed by atoms with E-state index in [1.54, 1.807) is 16.7 Å². The number of anilines is 1. The molecule has 1 amide bonds. The fourth-order valence-corrected chi connectivity index (χ4v) is 5.23. The number of amides is 1. The van der Waals surface area contributed by atoms with Crippen LogP contribution < -0.4 is 4.90 Å². The van der Waals surface area contributed by atoms with Crippen molar-refractivity contribution in [3.63, 3.8) is 0 Å². The van der Waals surface area contributed by atoms with E-state index in [-0.39, 0.29) is 11.8 Å². The number of para-hydroxylation sites is 1. The molecule has 2 aliphatic rings. The second kappa shape index (κ2) is 7.73. The van der Waals surface area contributed by atoms with Gasteiger partial charge in [0, 0.05) is 18.0 Å². The lowest BCUT2D eigenvalue weighted by Crippen LogP contribution is -2.47. The van der Waals surface area contributed by atoms with E-state index < -0.39 is 0 Å². The number of hydrogen-bond acceptors (Lipinski definition) is 4. The van der Waals surface area contributed by atoms with Crippen molar-refractivity contribution in [2.75, 3.05) is 17.4 Å². The van der Waals surface area contributed by atoms with E-state index in [0.717, 1.165) is 34.0 Å². The van der Waals surface area contributed by atoms with Crippen LogP contribution in [0.4, 0.5) is 5.69 Å². The van der Waals surface area contributed by atoms with Gasteiger partial charge in [-0.25, -0.2) is 0 Å². The molecule has 0 saturated carbocycles. The maximum absolute atomic E-state index is 13.1. The van der Waals surface area contributed by atoms with E-state index in [1.807, 2.05) is 37.3 Å². The van der Waals surface area contributed by atoms with Gasteiger partial charge in [0.1, 0.15) is 0 Å². The van der Waals surface area contributed by atoms with Crippen LogP contribution in [0.3, 0.4) is 0 Å². The third-order valence-electron chi connectivity index (χ3n) is 5.57. The highest BCUT2D eigenvalue weighted by molar-refractivity contribution is 8.03. The Morgan fingerprint density at radius 1 is 1.18 bits per heavy atom. The number of fused-ring (bicyclic) bond motifs is 1. The van der Waals surface area contributed by atoms with Crippen LogP contribution in [0.25, 0.3) is 0 Å². The monoisotopic (exact) mass is 389 g/mol. The van der Waals surface area contributed by atoms with Crippen molar-refractivity contribution in [3.8, 4) is 6.07 Å². The topological polar surface area (TPSA) is 47.3 Å². The van der Waals surface area contributed by atoms with Crippen molar-refractivity contribution in [2.45, 2.75) is 32.6 Å². The summed E-state index contributed by atoms with van der Waals surface area (Å²) in [6, 6.07) is 18.8. The largest absolute Gasteiger partial charge is 0.343 e. The average molecular weight is 390 g/mol. The van der Waals surface area contributed by atoms with Crippen LogP contribution in [0, 0.1) is 18.3 Å². The smallest absolute Gasteiger partial charge is 0.229 e. The Morgan fingerprint density at radius 3 is 2.68 bits per heavy atom. The molecule has 28 heavy (non-hydrogen) atoms. The summed E-state index contributed by atoms with van der Waals surface area (Å²) in [6.45, 7) is 4.70. The third kappa shape index (κ3) is 3.18. The number of carbonyl (C=O) groups excluding carboxylic acids is 1. The number of nitrogens with zero attached hydrogens (tertiary/aromatic N) is 3. The Labute approximate surface area is 170 Å². The van der Waals surface area contributed by atoms with Gasteiger partial charge in [0.05, 0.1) is 29.2 Å². The van der Waals surface area contributed by atoms with Crippen molar-refractivity contribution >= 4 is 23.4 Å². The Balaban J connectivity index is 1.69. The molecule has 1 atom stereocenters. The number of rotatable bonds is 3. The molecule has 0 spiro atoms. The van der Waals surface area contributed by atoms with E-state index in [1.165, 1.54) is 11.3 Å².